The van der Waals surface area contributed by atoms with Crippen LogP contribution in [0.15, 0.2) is 88.4 Å². The van der Waals surface area contributed by atoms with Crippen LogP contribution in [-0.4, -0.2) is 40.2 Å². The van der Waals surface area contributed by atoms with E-state index in [2.05, 4.69) is 34.9 Å². The average Bonchev–Trinajstić information content (AvgIpc) is 3.22. The average molecular weight is 561 g/mol. The first-order valence-corrected chi connectivity index (χ1v) is 12.0. The lowest BCUT2D eigenvalue weighted by molar-refractivity contribution is -0.302. The summed E-state index contributed by atoms with van der Waals surface area (Å²) in [6, 6.07) is 23.4. The highest BCUT2D eigenvalue weighted by molar-refractivity contribution is 9.10. The summed E-state index contributed by atoms with van der Waals surface area (Å²) in [6.07, 6.45) is -6.01. The number of carbonyl (C=O) groups excluding carboxylic acids is 1. The van der Waals surface area contributed by atoms with Gasteiger partial charge >= 0.3 is 6.18 Å². The van der Waals surface area contributed by atoms with Gasteiger partial charge in [0.1, 0.15) is 5.75 Å². The van der Waals surface area contributed by atoms with Crippen LogP contribution in [-0.2, 0) is 10.2 Å². The van der Waals surface area contributed by atoms with Crippen molar-refractivity contribution in [1.29, 1.82) is 0 Å². The van der Waals surface area contributed by atoms with Crippen molar-refractivity contribution >= 4 is 27.5 Å². The lowest BCUT2D eigenvalue weighted by Gasteiger charge is -2.32. The Morgan fingerprint density at radius 3 is 2.28 bits per heavy atom. The summed E-state index contributed by atoms with van der Waals surface area (Å²) in [5, 5.41) is 14.4. The number of hydrogen-bond donors (Lipinski definition) is 1. The topological polar surface area (TPSA) is 62.1 Å². The first-order chi connectivity index (χ1) is 16.9. The maximum atomic E-state index is 13.8. The maximum absolute atomic E-state index is 13.8. The summed E-state index contributed by atoms with van der Waals surface area (Å²) in [5.41, 5.74) is -1.33. The number of hydrogen-bond acceptors (Lipinski definition) is 4. The van der Waals surface area contributed by atoms with Crippen LogP contribution in [0.5, 0.6) is 5.75 Å². The van der Waals surface area contributed by atoms with E-state index in [0.29, 0.717) is 15.8 Å². The van der Waals surface area contributed by atoms with Gasteiger partial charge in [0.25, 0.3) is 11.6 Å². The Morgan fingerprint density at radius 2 is 1.67 bits per heavy atom. The molecule has 0 unspecified atom stereocenters. The van der Waals surface area contributed by atoms with E-state index in [-0.39, 0.29) is 16.1 Å². The molecule has 1 amide bonds. The highest BCUT2D eigenvalue weighted by Crippen LogP contribution is 2.41. The molecule has 3 aromatic carbocycles. The molecule has 1 aliphatic rings. The van der Waals surface area contributed by atoms with E-state index in [1.165, 1.54) is 0 Å². The van der Waals surface area contributed by atoms with Gasteiger partial charge in [0.15, 0.2) is 6.61 Å². The lowest BCUT2D eigenvalue weighted by Crippen LogP contribution is -2.57. The molecule has 1 heterocycles. The van der Waals surface area contributed by atoms with E-state index in [0.717, 1.165) is 11.1 Å². The fourth-order valence-corrected chi connectivity index (χ4v) is 4.45. The van der Waals surface area contributed by atoms with Crippen LogP contribution < -0.4 is 4.74 Å². The van der Waals surface area contributed by atoms with E-state index in [1.807, 2.05) is 42.5 Å². The van der Waals surface area contributed by atoms with Crippen molar-refractivity contribution in [3.63, 3.8) is 0 Å². The molecular weight excluding hydrogens is 537 g/mol. The summed E-state index contributed by atoms with van der Waals surface area (Å²) >= 11 is 3.26. The molecule has 1 atom stereocenters. The predicted molar refractivity (Wildman–Crippen MR) is 134 cm³/mol. The molecule has 188 valence electrons. The number of rotatable bonds is 6. The van der Waals surface area contributed by atoms with Gasteiger partial charge in [-0.05, 0) is 41.0 Å². The number of halogens is 4. The van der Waals surface area contributed by atoms with Gasteiger partial charge in [-0.1, -0.05) is 84.4 Å². The molecule has 0 aliphatic carbocycles. The molecular formula is C27H24BrF3N2O3. The van der Waals surface area contributed by atoms with E-state index in [1.54, 1.807) is 36.4 Å². The Hall–Kier alpha value is -3.17. The molecule has 0 radical (unpaired) electrons. The Labute approximate surface area is 215 Å². The zero-order chi connectivity index (χ0) is 26.1. The van der Waals surface area contributed by atoms with Crippen molar-refractivity contribution in [2.45, 2.75) is 37.6 Å². The molecule has 0 spiro atoms. The van der Waals surface area contributed by atoms with Gasteiger partial charge < -0.3 is 9.84 Å². The normalized spacial score (nSPS) is 18.2. The van der Waals surface area contributed by atoms with Crippen LogP contribution in [0.3, 0.4) is 0 Å². The van der Waals surface area contributed by atoms with Gasteiger partial charge in [-0.25, -0.2) is 0 Å². The van der Waals surface area contributed by atoms with Crippen molar-refractivity contribution < 1.29 is 27.8 Å². The second kappa shape index (κ2) is 9.71. The summed E-state index contributed by atoms with van der Waals surface area (Å²) in [7, 11) is 0. The van der Waals surface area contributed by atoms with Gasteiger partial charge in [0.05, 0.1) is 12.1 Å². The van der Waals surface area contributed by atoms with Gasteiger partial charge in [-0.2, -0.15) is 23.3 Å². The maximum Gasteiger partial charge on any atom is 0.438 e. The number of carbonyl (C=O) groups is 1. The van der Waals surface area contributed by atoms with Crippen LogP contribution in [0.4, 0.5) is 13.2 Å². The van der Waals surface area contributed by atoms with Crippen molar-refractivity contribution in [2.24, 2.45) is 5.10 Å². The number of benzene rings is 3. The van der Waals surface area contributed by atoms with Gasteiger partial charge in [-0.15, -0.1) is 0 Å². The molecule has 1 N–H and O–H groups in total. The van der Waals surface area contributed by atoms with Crippen LogP contribution in [0.25, 0.3) is 0 Å². The second-order valence-electron chi connectivity index (χ2n) is 9.06. The van der Waals surface area contributed by atoms with Crippen molar-refractivity contribution in [1.82, 2.24) is 5.01 Å². The zero-order valence-electron chi connectivity index (χ0n) is 19.6. The molecule has 0 saturated heterocycles. The second-order valence-corrected chi connectivity index (χ2v) is 9.97. The monoisotopic (exact) mass is 560 g/mol. The zero-order valence-corrected chi connectivity index (χ0v) is 21.2. The van der Waals surface area contributed by atoms with E-state index in [4.69, 9.17) is 4.74 Å². The number of ether oxygens (including phenoxy) is 1. The molecule has 0 saturated carbocycles. The first-order valence-electron chi connectivity index (χ1n) is 11.2. The molecule has 0 aromatic heterocycles. The third-order valence-corrected chi connectivity index (χ3v) is 6.76. The molecule has 36 heavy (non-hydrogen) atoms. The minimum absolute atomic E-state index is 0.0584. The summed E-state index contributed by atoms with van der Waals surface area (Å²) in [6.45, 7) is 3.43. The van der Waals surface area contributed by atoms with Gasteiger partial charge in [-0.3, -0.25) is 4.79 Å². The van der Waals surface area contributed by atoms with E-state index in [9.17, 15) is 23.1 Å². The number of aliphatic hydroxyl groups is 1. The van der Waals surface area contributed by atoms with Crippen molar-refractivity contribution in [2.75, 3.05) is 6.61 Å². The largest absolute Gasteiger partial charge is 0.484 e. The summed E-state index contributed by atoms with van der Waals surface area (Å²) in [4.78, 5) is 12.8. The smallest absolute Gasteiger partial charge is 0.438 e. The Bertz CT molecular complexity index is 1280. The standard InChI is InChI=1S/C27H24BrF3N2O3/c1-25(2,19-8-4-3-5-9-19)20-11-13-22(14-12-20)36-17-24(34)33-26(35,27(29,30)31)16-23(32-33)18-7-6-10-21(28)15-18/h3-15,35H,16-17H2,1-2H3/t26-/m1/s1. The fourth-order valence-electron chi connectivity index (χ4n) is 4.05. The molecule has 4 rings (SSSR count). The molecule has 0 bridgehead atoms. The van der Waals surface area contributed by atoms with Crippen LogP contribution in [0.2, 0.25) is 0 Å². The van der Waals surface area contributed by atoms with Crippen LogP contribution >= 0.6 is 15.9 Å². The SMILES string of the molecule is CC(C)(c1ccccc1)c1ccc(OCC(=O)N2N=C(c3cccc(Br)c3)C[C@@]2(O)C(F)(F)F)cc1. The highest BCUT2D eigenvalue weighted by Gasteiger charge is 2.63. The van der Waals surface area contributed by atoms with Gasteiger partial charge in [0.2, 0.25) is 0 Å². The number of alkyl halides is 3. The van der Waals surface area contributed by atoms with Crippen LogP contribution in [0, 0.1) is 0 Å². The van der Waals surface area contributed by atoms with Gasteiger partial charge in [0, 0.05) is 9.89 Å². The Kier molecular flexibility index (Phi) is 6.99. The molecule has 3 aromatic rings. The Balaban J connectivity index is 1.50. The minimum Gasteiger partial charge on any atom is -0.484 e. The summed E-state index contributed by atoms with van der Waals surface area (Å²) in [5.74, 6) is -0.810. The predicted octanol–water partition coefficient (Wildman–Crippen LogP) is 6.04. The third kappa shape index (κ3) is 5.03. The van der Waals surface area contributed by atoms with E-state index >= 15 is 0 Å². The minimum atomic E-state index is -5.12. The molecule has 9 heteroatoms. The summed E-state index contributed by atoms with van der Waals surface area (Å²) < 4.78 is 47.6. The quantitative estimate of drug-likeness (QED) is 0.399. The lowest BCUT2D eigenvalue weighted by atomic mass is 9.78. The first kappa shape index (κ1) is 25.9. The number of amides is 1. The number of hydrazone groups is 1. The van der Waals surface area contributed by atoms with Crippen LogP contribution in [0.1, 0.15) is 37.0 Å². The Morgan fingerprint density at radius 1 is 1.03 bits per heavy atom. The highest BCUT2D eigenvalue weighted by atomic mass is 79.9. The fraction of sp³-hybridized carbons (Fsp3) is 0.259. The van der Waals surface area contributed by atoms with Crippen molar-refractivity contribution in [3.05, 3.63) is 100 Å². The van der Waals surface area contributed by atoms with Crippen molar-refractivity contribution in [3.8, 4) is 5.75 Å². The molecule has 5 nitrogen and oxygen atoms in total. The molecule has 1 aliphatic heterocycles. The third-order valence-electron chi connectivity index (χ3n) is 6.27. The number of nitrogens with zero attached hydrogens (tertiary/aromatic N) is 2. The molecule has 0 fully saturated rings. The van der Waals surface area contributed by atoms with E-state index < -0.39 is 30.8 Å².